The minimum atomic E-state index is 0.895. The Morgan fingerprint density at radius 3 is 2.22 bits per heavy atom. The molecule has 0 radical (unpaired) electrons. The lowest BCUT2D eigenvalue weighted by atomic mass is 9.94. The third-order valence-corrected chi connectivity index (χ3v) is 4.62. The third kappa shape index (κ3) is 7.13. The Hall–Kier alpha value is 0.440. The molecular formula is C16H32BrN. The Bertz CT molecular complexity index is 178. The van der Waals surface area contributed by atoms with Crippen LogP contribution >= 0.6 is 15.9 Å². The van der Waals surface area contributed by atoms with Gasteiger partial charge in [-0.25, -0.2) is 0 Å². The van der Waals surface area contributed by atoms with E-state index in [9.17, 15) is 0 Å². The van der Waals surface area contributed by atoms with Gasteiger partial charge in [0.2, 0.25) is 0 Å². The minimum absolute atomic E-state index is 0.895. The van der Waals surface area contributed by atoms with Gasteiger partial charge in [-0.3, -0.25) is 4.90 Å². The van der Waals surface area contributed by atoms with E-state index in [-0.39, 0.29) is 0 Å². The van der Waals surface area contributed by atoms with Crippen LogP contribution in [0, 0.1) is 0 Å². The second kappa shape index (κ2) is 11.3. The molecule has 2 heteroatoms. The molecule has 0 aromatic rings. The minimum Gasteiger partial charge on any atom is -0.300 e. The van der Waals surface area contributed by atoms with E-state index in [0.717, 1.165) is 11.4 Å². The Morgan fingerprint density at radius 1 is 0.889 bits per heavy atom. The lowest BCUT2D eigenvalue weighted by Gasteiger charge is -2.34. The van der Waals surface area contributed by atoms with Crippen molar-refractivity contribution in [2.24, 2.45) is 0 Å². The zero-order chi connectivity index (χ0) is 13.1. The van der Waals surface area contributed by atoms with Gasteiger partial charge in [0.1, 0.15) is 0 Å². The highest BCUT2D eigenvalue weighted by atomic mass is 79.9. The summed E-state index contributed by atoms with van der Waals surface area (Å²) in [7, 11) is 0. The molecular weight excluding hydrogens is 286 g/mol. The van der Waals surface area contributed by atoms with Gasteiger partial charge in [-0.2, -0.15) is 0 Å². The number of hydrogen-bond donors (Lipinski definition) is 0. The van der Waals surface area contributed by atoms with Gasteiger partial charge in [0.15, 0.2) is 0 Å². The molecule has 1 saturated carbocycles. The fraction of sp³-hybridized carbons (Fsp3) is 1.00. The summed E-state index contributed by atoms with van der Waals surface area (Å²) in [6.45, 7) is 4.88. The molecule has 0 spiro atoms. The van der Waals surface area contributed by atoms with Crippen molar-refractivity contribution in [3.05, 3.63) is 0 Å². The number of nitrogens with zero attached hydrogens (tertiary/aromatic N) is 1. The topological polar surface area (TPSA) is 3.24 Å². The Kier molecular flexibility index (Phi) is 10.3. The molecule has 0 aromatic carbocycles. The summed E-state index contributed by atoms with van der Waals surface area (Å²) in [5.74, 6) is 0. The zero-order valence-corrected chi connectivity index (χ0v) is 13.9. The van der Waals surface area contributed by atoms with Crippen LogP contribution in [0.2, 0.25) is 0 Å². The van der Waals surface area contributed by atoms with Crippen LogP contribution in [0.3, 0.4) is 0 Å². The summed E-state index contributed by atoms with van der Waals surface area (Å²) >= 11 is 3.62. The van der Waals surface area contributed by atoms with Crippen LogP contribution in [0.1, 0.15) is 77.6 Å². The molecule has 1 rings (SSSR count). The summed E-state index contributed by atoms with van der Waals surface area (Å²) in [5, 5.41) is 1.14. The van der Waals surface area contributed by atoms with E-state index >= 15 is 0 Å². The maximum Gasteiger partial charge on any atom is 0.0159 e. The monoisotopic (exact) mass is 317 g/mol. The largest absolute Gasteiger partial charge is 0.300 e. The van der Waals surface area contributed by atoms with Gasteiger partial charge in [-0.05, 0) is 25.8 Å². The van der Waals surface area contributed by atoms with Gasteiger partial charge in [-0.1, -0.05) is 74.2 Å². The van der Waals surface area contributed by atoms with Crippen molar-refractivity contribution in [1.82, 2.24) is 4.90 Å². The van der Waals surface area contributed by atoms with Gasteiger partial charge >= 0.3 is 0 Å². The van der Waals surface area contributed by atoms with Crippen molar-refractivity contribution in [1.29, 1.82) is 0 Å². The highest BCUT2D eigenvalue weighted by Gasteiger charge is 2.19. The second-order valence-electron chi connectivity index (χ2n) is 5.78. The quantitative estimate of drug-likeness (QED) is 0.386. The normalized spacial score (nSPS) is 17.5. The average molecular weight is 318 g/mol. The number of hydrogen-bond acceptors (Lipinski definition) is 1. The molecule has 0 unspecified atom stereocenters. The van der Waals surface area contributed by atoms with Crippen molar-refractivity contribution >= 4 is 15.9 Å². The number of unbranched alkanes of at least 4 members (excludes halogenated alkanes) is 5. The highest BCUT2D eigenvalue weighted by molar-refractivity contribution is 9.09. The molecule has 1 aliphatic rings. The molecule has 1 fully saturated rings. The first-order valence-corrected chi connectivity index (χ1v) is 9.30. The van der Waals surface area contributed by atoms with E-state index < -0.39 is 0 Å². The van der Waals surface area contributed by atoms with Crippen LogP contribution in [0.15, 0.2) is 0 Å². The standard InChI is InChI=1S/C16H32BrN/c1-2-3-4-5-6-10-14-18(15-13-17)16-11-8-7-9-12-16/h16H,2-15H2,1H3. The maximum absolute atomic E-state index is 3.62. The fourth-order valence-electron chi connectivity index (χ4n) is 3.13. The van der Waals surface area contributed by atoms with E-state index in [1.165, 1.54) is 83.7 Å². The molecule has 0 amide bonds. The molecule has 0 bridgehead atoms. The Labute approximate surface area is 123 Å². The van der Waals surface area contributed by atoms with Crippen molar-refractivity contribution in [3.8, 4) is 0 Å². The van der Waals surface area contributed by atoms with Gasteiger partial charge in [0, 0.05) is 17.9 Å². The molecule has 0 heterocycles. The van der Waals surface area contributed by atoms with E-state index in [4.69, 9.17) is 0 Å². The van der Waals surface area contributed by atoms with Crippen molar-refractivity contribution < 1.29 is 0 Å². The van der Waals surface area contributed by atoms with Crippen LogP contribution < -0.4 is 0 Å². The lowest BCUT2D eigenvalue weighted by Crippen LogP contribution is -2.38. The maximum atomic E-state index is 3.62. The van der Waals surface area contributed by atoms with Crippen molar-refractivity contribution in [2.45, 2.75) is 83.6 Å². The first kappa shape index (κ1) is 16.5. The Balaban J connectivity index is 2.12. The van der Waals surface area contributed by atoms with Crippen LogP contribution in [-0.2, 0) is 0 Å². The number of alkyl halides is 1. The third-order valence-electron chi connectivity index (χ3n) is 4.26. The SMILES string of the molecule is CCCCCCCCN(CCBr)C1CCCCC1. The summed E-state index contributed by atoms with van der Waals surface area (Å²) in [4.78, 5) is 2.76. The van der Waals surface area contributed by atoms with E-state index in [0.29, 0.717) is 0 Å². The number of halogens is 1. The van der Waals surface area contributed by atoms with Crippen LogP contribution in [0.25, 0.3) is 0 Å². The highest BCUT2D eigenvalue weighted by Crippen LogP contribution is 2.23. The summed E-state index contributed by atoms with van der Waals surface area (Å²) in [5.41, 5.74) is 0. The summed E-state index contributed by atoms with van der Waals surface area (Å²) in [6, 6.07) is 0.895. The van der Waals surface area contributed by atoms with Crippen LogP contribution in [-0.4, -0.2) is 29.4 Å². The average Bonchev–Trinajstić information content (AvgIpc) is 2.42. The van der Waals surface area contributed by atoms with E-state index in [1.807, 2.05) is 0 Å². The molecule has 1 nitrogen and oxygen atoms in total. The van der Waals surface area contributed by atoms with Gasteiger partial charge < -0.3 is 0 Å². The molecule has 18 heavy (non-hydrogen) atoms. The fourth-order valence-corrected chi connectivity index (χ4v) is 3.58. The first-order chi connectivity index (χ1) is 8.88. The molecule has 0 N–H and O–H groups in total. The molecule has 0 atom stereocenters. The molecule has 0 aliphatic heterocycles. The van der Waals surface area contributed by atoms with Crippen LogP contribution in [0.4, 0.5) is 0 Å². The van der Waals surface area contributed by atoms with Gasteiger partial charge in [0.05, 0.1) is 0 Å². The van der Waals surface area contributed by atoms with Gasteiger partial charge in [-0.15, -0.1) is 0 Å². The number of rotatable bonds is 10. The second-order valence-corrected chi connectivity index (χ2v) is 6.58. The molecule has 108 valence electrons. The molecule has 0 aromatic heterocycles. The predicted molar refractivity (Wildman–Crippen MR) is 85.6 cm³/mol. The Morgan fingerprint density at radius 2 is 1.56 bits per heavy atom. The van der Waals surface area contributed by atoms with Crippen molar-refractivity contribution in [2.75, 3.05) is 18.4 Å². The zero-order valence-electron chi connectivity index (χ0n) is 12.3. The van der Waals surface area contributed by atoms with Crippen LogP contribution in [0.5, 0.6) is 0 Å². The molecule has 0 saturated heterocycles. The van der Waals surface area contributed by atoms with Gasteiger partial charge in [0.25, 0.3) is 0 Å². The lowest BCUT2D eigenvalue weighted by molar-refractivity contribution is 0.162. The summed E-state index contributed by atoms with van der Waals surface area (Å²) < 4.78 is 0. The van der Waals surface area contributed by atoms with E-state index in [2.05, 4.69) is 27.8 Å². The van der Waals surface area contributed by atoms with Crippen molar-refractivity contribution in [3.63, 3.8) is 0 Å². The predicted octanol–water partition coefficient (Wildman–Crippen LogP) is 5.38. The first-order valence-electron chi connectivity index (χ1n) is 8.18. The summed E-state index contributed by atoms with van der Waals surface area (Å²) in [6.07, 6.45) is 15.8. The molecule has 1 aliphatic carbocycles. The van der Waals surface area contributed by atoms with E-state index in [1.54, 1.807) is 0 Å². The smallest absolute Gasteiger partial charge is 0.0159 e.